The summed E-state index contributed by atoms with van der Waals surface area (Å²) in [6, 6.07) is 7.81. The molecule has 0 aromatic heterocycles. The van der Waals surface area contributed by atoms with Crippen LogP contribution in [0.2, 0.25) is 15.1 Å². The van der Waals surface area contributed by atoms with Crippen LogP contribution >= 0.6 is 34.8 Å². The molecule has 1 N–H and O–H groups in total. The Hall–Kier alpha value is -2.35. The van der Waals surface area contributed by atoms with Crippen LogP contribution in [0, 0.1) is 10.1 Å². The summed E-state index contributed by atoms with van der Waals surface area (Å²) >= 11 is 17.6. The zero-order valence-electron chi connectivity index (χ0n) is 13.2. The maximum absolute atomic E-state index is 12.2. The molecule has 0 radical (unpaired) electrons. The highest BCUT2D eigenvalue weighted by Crippen LogP contribution is 2.27. The van der Waals surface area contributed by atoms with Crippen LogP contribution in [-0.2, 0) is 9.53 Å². The zero-order valence-corrected chi connectivity index (χ0v) is 15.4. The van der Waals surface area contributed by atoms with Crippen LogP contribution in [0.3, 0.4) is 0 Å². The van der Waals surface area contributed by atoms with E-state index in [1.807, 2.05) is 0 Å². The number of hydrogen-bond acceptors (Lipinski definition) is 5. The molecule has 0 saturated heterocycles. The van der Waals surface area contributed by atoms with E-state index in [4.69, 9.17) is 39.5 Å². The Labute approximate surface area is 162 Å². The molecule has 0 aliphatic carbocycles. The summed E-state index contributed by atoms with van der Waals surface area (Å²) in [5.41, 5.74) is -0.221. The van der Waals surface area contributed by atoms with Gasteiger partial charge in [-0.1, -0.05) is 34.8 Å². The lowest BCUT2D eigenvalue weighted by Crippen LogP contribution is -2.30. The van der Waals surface area contributed by atoms with Crippen molar-refractivity contribution in [3.05, 3.63) is 67.1 Å². The number of halogens is 3. The van der Waals surface area contributed by atoms with Crippen LogP contribution in [0.4, 0.5) is 11.4 Å². The van der Waals surface area contributed by atoms with Crippen LogP contribution in [-0.4, -0.2) is 22.9 Å². The summed E-state index contributed by atoms with van der Waals surface area (Å²) in [7, 11) is 0. The molecule has 1 unspecified atom stereocenters. The number of nitrogens with zero attached hydrogens (tertiary/aromatic N) is 1. The Bertz CT molecular complexity index is 888. The van der Waals surface area contributed by atoms with Crippen molar-refractivity contribution in [3.63, 3.8) is 0 Å². The van der Waals surface area contributed by atoms with Crippen molar-refractivity contribution >= 4 is 58.1 Å². The van der Waals surface area contributed by atoms with Crippen LogP contribution in [0.1, 0.15) is 17.3 Å². The summed E-state index contributed by atoms with van der Waals surface area (Å²) in [5, 5.41) is 13.7. The lowest BCUT2D eigenvalue weighted by atomic mass is 10.2. The molecule has 26 heavy (non-hydrogen) atoms. The first-order valence-corrected chi connectivity index (χ1v) is 8.23. The van der Waals surface area contributed by atoms with Crippen molar-refractivity contribution in [2.75, 3.05) is 5.32 Å². The summed E-state index contributed by atoms with van der Waals surface area (Å²) in [6.07, 6.45) is -1.21. The molecule has 7 nitrogen and oxygen atoms in total. The van der Waals surface area contributed by atoms with Crippen molar-refractivity contribution in [1.82, 2.24) is 0 Å². The molecule has 1 amide bonds. The van der Waals surface area contributed by atoms with E-state index in [-0.39, 0.29) is 32.0 Å². The Morgan fingerprint density at radius 1 is 1.12 bits per heavy atom. The number of amides is 1. The van der Waals surface area contributed by atoms with Crippen LogP contribution < -0.4 is 5.32 Å². The number of nitro groups is 1. The number of hydrogen-bond donors (Lipinski definition) is 1. The Morgan fingerprint density at radius 3 is 2.42 bits per heavy atom. The minimum absolute atomic E-state index is 0.00666. The van der Waals surface area contributed by atoms with E-state index >= 15 is 0 Å². The van der Waals surface area contributed by atoms with Crippen LogP contribution in [0.15, 0.2) is 36.4 Å². The molecule has 0 bridgehead atoms. The highest BCUT2D eigenvalue weighted by atomic mass is 35.5. The van der Waals surface area contributed by atoms with Gasteiger partial charge in [0, 0.05) is 17.2 Å². The van der Waals surface area contributed by atoms with Crippen LogP contribution in [0.5, 0.6) is 0 Å². The maximum atomic E-state index is 12.2. The minimum atomic E-state index is -1.21. The molecular formula is C16H11Cl3N2O5. The second kappa shape index (κ2) is 8.35. The fourth-order valence-electron chi connectivity index (χ4n) is 1.89. The van der Waals surface area contributed by atoms with Crippen molar-refractivity contribution in [2.45, 2.75) is 13.0 Å². The van der Waals surface area contributed by atoms with Gasteiger partial charge in [-0.15, -0.1) is 0 Å². The SMILES string of the molecule is CC(OC(=O)c1cc(Cl)ccc1Cl)C(=O)Nc1cc([N+](=O)[O-])ccc1Cl. The van der Waals surface area contributed by atoms with E-state index in [2.05, 4.69) is 5.32 Å². The molecule has 136 valence electrons. The van der Waals surface area contributed by atoms with Gasteiger partial charge < -0.3 is 10.1 Å². The fourth-order valence-corrected chi connectivity index (χ4v) is 2.42. The second-order valence-corrected chi connectivity index (χ2v) is 6.33. The van der Waals surface area contributed by atoms with Gasteiger partial charge in [0.15, 0.2) is 6.10 Å². The normalized spacial score (nSPS) is 11.5. The van der Waals surface area contributed by atoms with E-state index in [9.17, 15) is 19.7 Å². The molecule has 0 saturated carbocycles. The molecule has 2 aromatic rings. The average Bonchev–Trinajstić information content (AvgIpc) is 2.58. The number of nitrogens with one attached hydrogen (secondary N) is 1. The number of nitro benzene ring substituents is 1. The molecule has 2 aromatic carbocycles. The number of esters is 1. The van der Waals surface area contributed by atoms with Gasteiger partial charge in [0.2, 0.25) is 0 Å². The molecule has 2 rings (SSSR count). The topological polar surface area (TPSA) is 98.5 Å². The third-order valence-corrected chi connectivity index (χ3v) is 4.11. The lowest BCUT2D eigenvalue weighted by molar-refractivity contribution is -0.384. The number of anilines is 1. The van der Waals surface area contributed by atoms with E-state index in [1.165, 1.54) is 37.3 Å². The van der Waals surface area contributed by atoms with Crippen molar-refractivity contribution in [1.29, 1.82) is 0 Å². The van der Waals surface area contributed by atoms with Crippen molar-refractivity contribution in [2.24, 2.45) is 0 Å². The second-order valence-electron chi connectivity index (χ2n) is 5.08. The van der Waals surface area contributed by atoms with E-state index < -0.39 is 22.9 Å². The predicted octanol–water partition coefficient (Wildman–Crippen LogP) is 4.74. The monoisotopic (exact) mass is 416 g/mol. The molecule has 10 heteroatoms. The summed E-state index contributed by atoms with van der Waals surface area (Å²) in [5.74, 6) is -1.57. The van der Waals surface area contributed by atoms with E-state index in [0.29, 0.717) is 0 Å². The van der Waals surface area contributed by atoms with Gasteiger partial charge in [-0.2, -0.15) is 0 Å². The largest absolute Gasteiger partial charge is 0.449 e. The minimum Gasteiger partial charge on any atom is -0.449 e. The first-order valence-electron chi connectivity index (χ1n) is 7.10. The Morgan fingerprint density at radius 2 is 1.77 bits per heavy atom. The third kappa shape index (κ3) is 4.85. The number of benzene rings is 2. The molecule has 0 spiro atoms. The zero-order chi connectivity index (χ0) is 19.4. The summed E-state index contributed by atoms with van der Waals surface area (Å²) < 4.78 is 5.05. The highest BCUT2D eigenvalue weighted by Gasteiger charge is 2.22. The Balaban J connectivity index is 2.10. The third-order valence-electron chi connectivity index (χ3n) is 3.22. The van der Waals surface area contributed by atoms with Crippen molar-refractivity contribution < 1.29 is 19.2 Å². The number of rotatable bonds is 5. The van der Waals surface area contributed by atoms with E-state index in [0.717, 1.165) is 6.07 Å². The van der Waals surface area contributed by atoms with Gasteiger partial charge in [0.25, 0.3) is 11.6 Å². The highest BCUT2D eigenvalue weighted by molar-refractivity contribution is 6.35. The molecular weight excluding hydrogens is 407 g/mol. The first kappa shape index (κ1) is 20.0. The summed E-state index contributed by atoms with van der Waals surface area (Å²) in [4.78, 5) is 34.5. The quantitative estimate of drug-likeness (QED) is 0.430. The lowest BCUT2D eigenvalue weighted by Gasteiger charge is -2.14. The fraction of sp³-hybridized carbons (Fsp3) is 0.125. The molecule has 0 heterocycles. The molecule has 0 aliphatic heterocycles. The predicted molar refractivity (Wildman–Crippen MR) is 98.1 cm³/mol. The van der Waals surface area contributed by atoms with Gasteiger partial charge in [0.05, 0.1) is 26.2 Å². The van der Waals surface area contributed by atoms with Gasteiger partial charge in [-0.05, 0) is 31.2 Å². The first-order chi connectivity index (χ1) is 12.2. The average molecular weight is 418 g/mol. The Kier molecular flexibility index (Phi) is 6.42. The number of non-ortho nitro benzene ring substituents is 1. The number of carbonyl (C=O) groups excluding carboxylic acids is 2. The van der Waals surface area contributed by atoms with E-state index in [1.54, 1.807) is 0 Å². The van der Waals surface area contributed by atoms with Gasteiger partial charge in [-0.3, -0.25) is 14.9 Å². The van der Waals surface area contributed by atoms with Gasteiger partial charge in [-0.25, -0.2) is 4.79 Å². The standard InChI is InChI=1S/C16H11Cl3N2O5/c1-8(26-16(23)11-6-9(17)2-4-12(11)18)15(22)20-14-7-10(21(24)25)3-5-13(14)19/h2-8H,1H3,(H,20,22). The maximum Gasteiger partial charge on any atom is 0.340 e. The van der Waals surface area contributed by atoms with Crippen molar-refractivity contribution in [3.8, 4) is 0 Å². The smallest absolute Gasteiger partial charge is 0.340 e. The molecule has 0 fully saturated rings. The molecule has 1 atom stereocenters. The number of carbonyl (C=O) groups is 2. The summed E-state index contributed by atoms with van der Waals surface area (Å²) in [6.45, 7) is 1.33. The molecule has 0 aliphatic rings. The van der Waals surface area contributed by atoms with Gasteiger partial charge in [0.1, 0.15) is 0 Å². The number of ether oxygens (including phenoxy) is 1. The van der Waals surface area contributed by atoms with Crippen LogP contribution in [0.25, 0.3) is 0 Å². The van der Waals surface area contributed by atoms with Gasteiger partial charge >= 0.3 is 5.97 Å².